The molecule has 0 unspecified atom stereocenters. The van der Waals surface area contributed by atoms with Crippen LogP contribution < -0.4 is 0 Å². The van der Waals surface area contributed by atoms with E-state index < -0.39 is 29.5 Å². The lowest BCUT2D eigenvalue weighted by molar-refractivity contribution is -0.159. The molecular weight excluding hydrogens is 1790 g/mol. The van der Waals surface area contributed by atoms with Crippen LogP contribution in [0.3, 0.4) is 0 Å². The SMILES string of the molecule is C=C(COCOC)C(=O)OC1(C)CCCCC1.C=C(COCOC)C(=O)OCOC.C=C(COCOC)C(=O)OCOC1CCCCC1.C=C(COCOCC(C)(C)C)C(=O)OCOCC(C)(C)C.C=C(COCOCC)C(=O)OC(C)(C)C.C=C(COCOCC)C(=O)OC1(C)CCCC1.C=C(COCOCC)C(=O)OC1(C)CCCCC1.C=C(COCOCC)C(=O)OC1(CC)CCCC1. The lowest BCUT2D eigenvalue weighted by Gasteiger charge is -2.33. The number of hydrogen-bond acceptors (Lipinski definition) is 35. The van der Waals surface area contributed by atoms with E-state index in [4.69, 9.17) is 114 Å². The van der Waals surface area contributed by atoms with E-state index in [1.54, 1.807) is 20.8 Å². The lowest BCUT2D eigenvalue weighted by atomic mass is 9.86. The van der Waals surface area contributed by atoms with Crippen LogP contribution in [0.4, 0.5) is 0 Å². The van der Waals surface area contributed by atoms with Crippen molar-refractivity contribution in [3.8, 4) is 0 Å². The number of ether oxygens (including phenoxy) is 27. The Kier molecular flexibility index (Phi) is 78.7. The molecule has 0 heterocycles. The third kappa shape index (κ3) is 76.4. The van der Waals surface area contributed by atoms with Crippen LogP contribution in [0, 0.1) is 10.8 Å². The molecule has 5 rings (SSSR count). The molecule has 0 aliphatic heterocycles. The Labute approximate surface area is 819 Å². The van der Waals surface area contributed by atoms with Gasteiger partial charge in [0.2, 0.25) is 0 Å². The van der Waals surface area contributed by atoms with Crippen LogP contribution in [-0.4, -0.2) is 278 Å². The second-order valence-corrected chi connectivity index (χ2v) is 37.1. The third-order valence-electron chi connectivity index (χ3n) is 19.8. The van der Waals surface area contributed by atoms with Gasteiger partial charge in [-0.25, -0.2) is 38.4 Å². The molecule has 0 atom stereocenters. The molecule has 0 spiro atoms. The summed E-state index contributed by atoms with van der Waals surface area (Å²) in [5.41, 5.74) is 0.840. The highest BCUT2D eigenvalue weighted by molar-refractivity contribution is 5.91. The second-order valence-electron chi connectivity index (χ2n) is 37.1. The fraction of sp³-hybridized carbons (Fsp3) is 0.765. The Hall–Kier alpha value is -7.08. The summed E-state index contributed by atoms with van der Waals surface area (Å²) >= 11 is 0. The minimum atomic E-state index is -0.530. The topological polar surface area (TPSA) is 386 Å². The molecule has 0 aromatic rings. The van der Waals surface area contributed by atoms with Crippen molar-refractivity contribution in [2.75, 3.05) is 196 Å². The maximum Gasteiger partial charge on any atom is 0.337 e. The zero-order valence-electron chi connectivity index (χ0n) is 87.7. The van der Waals surface area contributed by atoms with Gasteiger partial charge in [-0.3, -0.25) is 0 Å². The molecule has 5 fully saturated rings. The van der Waals surface area contributed by atoms with E-state index in [1.165, 1.54) is 60.5 Å². The van der Waals surface area contributed by atoms with Crippen LogP contribution in [-0.2, 0) is 166 Å². The number of carbonyl (C=O) groups excluding carboxylic acids is 8. The zero-order valence-corrected chi connectivity index (χ0v) is 87.7. The second kappa shape index (κ2) is 80.5. The van der Waals surface area contributed by atoms with E-state index in [2.05, 4.69) is 94.5 Å². The standard InChI is InChI=1S/C16H30O5.2C14H24O4.C13H22O5.2C13H22O4.C11H20O4.C8H14O5/c1-13(8-18-11-19-9-15(2,3)4)14(17)21-12-20-10-16(5,6)7;1-4-16-11-17-10-12(2)13(15)18-14(3)8-6-5-7-9-14;1-4-14(8-6-7-9-14)18-13(15)12(3)10-17-11-16-5-2;1-11(8-16-9-15-2)13(14)18-10-17-12-6-4-3-5-7-12;1-11(9-16-10-15-3)12(14)17-13(2)7-5-4-6-8-13;1-4-15-10-16-9-11(2)12(14)17-13(3)7-5-6-8-13;1-6-13-8-14-7-9(2)10(12)15-11(3,4)5;1-7(4-12-5-10-2)8(9)13-6-11-3/h1,8-12H2,2-7H3;2,4-11H2,1,3H3;3-11H2,1-2H3;12H,1,3-10H2,2H3;1,4-10H2,2-3H3;2,4-10H2,1,3H3;2,6-8H2,1,3-5H3;1,4-6H2,2-3H3. The predicted molar refractivity (Wildman–Crippen MR) is 517 cm³/mol. The highest BCUT2D eigenvalue weighted by atomic mass is 16.7. The highest BCUT2D eigenvalue weighted by Crippen LogP contribution is 2.38. The first-order valence-electron chi connectivity index (χ1n) is 47.4. The third-order valence-corrected chi connectivity index (χ3v) is 19.8. The Morgan fingerprint density at radius 1 is 0.270 bits per heavy atom. The molecule has 796 valence electrons. The van der Waals surface area contributed by atoms with Crippen LogP contribution in [0.5, 0.6) is 0 Å². The average Bonchev–Trinajstić information content (AvgIpc) is 1.33. The molecule has 0 radical (unpaired) electrons. The summed E-state index contributed by atoms with van der Waals surface area (Å²) in [5, 5.41) is 0. The van der Waals surface area contributed by atoms with Gasteiger partial charge in [-0.1, -0.05) is 133 Å². The summed E-state index contributed by atoms with van der Waals surface area (Å²) < 4.78 is 137. The lowest BCUT2D eigenvalue weighted by Crippen LogP contribution is -2.34. The molecule has 0 saturated heterocycles. The van der Waals surface area contributed by atoms with Gasteiger partial charge in [-0.2, -0.15) is 0 Å². The first kappa shape index (κ1) is 134. The molecule has 0 N–H and O–H groups in total. The molecule has 5 aliphatic rings. The summed E-state index contributed by atoms with van der Waals surface area (Å²) in [4.78, 5) is 92.6. The highest BCUT2D eigenvalue weighted by Gasteiger charge is 2.38. The van der Waals surface area contributed by atoms with Gasteiger partial charge in [-0.05, 0) is 202 Å². The summed E-state index contributed by atoms with van der Waals surface area (Å²) in [6, 6.07) is 0. The van der Waals surface area contributed by atoms with Gasteiger partial charge in [0.05, 0.1) is 117 Å². The van der Waals surface area contributed by atoms with Crippen molar-refractivity contribution in [1.82, 2.24) is 0 Å². The normalized spacial score (nSPS) is 15.5. The first-order valence-corrected chi connectivity index (χ1v) is 47.4. The largest absolute Gasteiger partial charge is 0.457 e. The number of methoxy groups -OCH3 is 4. The molecule has 0 bridgehead atoms. The van der Waals surface area contributed by atoms with Crippen LogP contribution in [0.15, 0.2) is 97.2 Å². The Balaban J connectivity index is -0.00000150. The molecule has 137 heavy (non-hydrogen) atoms. The summed E-state index contributed by atoms with van der Waals surface area (Å²) in [5.74, 6) is -3.36. The van der Waals surface area contributed by atoms with Gasteiger partial charge in [0.15, 0.2) is 20.4 Å². The predicted octanol–water partition coefficient (Wildman–Crippen LogP) is 17.9. The van der Waals surface area contributed by atoms with Crippen LogP contribution >= 0.6 is 0 Å². The molecule has 5 saturated carbocycles. The van der Waals surface area contributed by atoms with Gasteiger partial charge in [0.1, 0.15) is 82.3 Å². The van der Waals surface area contributed by atoms with Gasteiger partial charge in [0, 0.05) is 54.9 Å². The van der Waals surface area contributed by atoms with Gasteiger partial charge in [-0.15, -0.1) is 0 Å². The first-order chi connectivity index (χ1) is 64.7. The minimum Gasteiger partial charge on any atom is -0.457 e. The van der Waals surface area contributed by atoms with E-state index >= 15 is 0 Å². The average molecular weight is 1960 g/mol. The molecule has 5 aliphatic carbocycles. The monoisotopic (exact) mass is 1960 g/mol. The zero-order chi connectivity index (χ0) is 104. The smallest absolute Gasteiger partial charge is 0.337 e. The van der Waals surface area contributed by atoms with Gasteiger partial charge < -0.3 is 128 Å². The van der Waals surface area contributed by atoms with Crippen LogP contribution in [0.1, 0.15) is 272 Å². The van der Waals surface area contributed by atoms with Gasteiger partial charge >= 0.3 is 47.8 Å². The van der Waals surface area contributed by atoms with Gasteiger partial charge in [0.25, 0.3) is 0 Å². The van der Waals surface area contributed by atoms with Crippen molar-refractivity contribution < 1.29 is 166 Å². The summed E-state index contributed by atoms with van der Waals surface area (Å²) in [6.45, 7) is 67.9. The van der Waals surface area contributed by atoms with Crippen molar-refractivity contribution in [2.24, 2.45) is 10.8 Å². The Bertz CT molecular complexity index is 3350. The van der Waals surface area contributed by atoms with Crippen molar-refractivity contribution >= 4 is 47.8 Å². The summed E-state index contributed by atoms with van der Waals surface area (Å²) in [6.07, 6.45) is 25.8. The van der Waals surface area contributed by atoms with Crippen LogP contribution in [0.25, 0.3) is 0 Å². The fourth-order valence-corrected chi connectivity index (χ4v) is 12.4. The van der Waals surface area contributed by atoms with Crippen LogP contribution in [0.2, 0.25) is 0 Å². The maximum atomic E-state index is 11.9. The number of rotatable bonds is 58. The van der Waals surface area contributed by atoms with Crippen molar-refractivity contribution in [3.05, 3.63) is 97.2 Å². The Morgan fingerprint density at radius 3 is 0.796 bits per heavy atom. The summed E-state index contributed by atoms with van der Waals surface area (Å²) in [7, 11) is 5.96. The minimum absolute atomic E-state index is 0.00715. The van der Waals surface area contributed by atoms with E-state index in [1.807, 2.05) is 69.2 Å². The van der Waals surface area contributed by atoms with Crippen molar-refractivity contribution in [3.63, 3.8) is 0 Å². The molecular formula is C102H178O35. The van der Waals surface area contributed by atoms with E-state index in [0.29, 0.717) is 67.5 Å². The molecule has 35 nitrogen and oxygen atoms in total. The van der Waals surface area contributed by atoms with E-state index in [-0.39, 0.29) is 208 Å². The molecule has 0 aromatic heterocycles. The van der Waals surface area contributed by atoms with E-state index in [9.17, 15) is 38.4 Å². The maximum absolute atomic E-state index is 11.9. The Morgan fingerprint density at radius 2 is 0.511 bits per heavy atom. The van der Waals surface area contributed by atoms with Crippen molar-refractivity contribution in [2.45, 2.75) is 306 Å². The quantitative estimate of drug-likeness (QED) is 0.0179. The fourth-order valence-electron chi connectivity index (χ4n) is 12.4. The number of hydrogen-bond donors (Lipinski definition) is 0. The number of carbonyl (C=O) groups is 8. The number of esters is 8. The van der Waals surface area contributed by atoms with Crippen molar-refractivity contribution in [1.29, 1.82) is 0 Å². The van der Waals surface area contributed by atoms with E-state index in [0.717, 1.165) is 122 Å². The molecule has 0 aromatic carbocycles. The molecule has 0 amide bonds. The molecule has 35 heteroatoms.